The summed E-state index contributed by atoms with van der Waals surface area (Å²) in [5, 5.41) is 0. The molecule has 0 N–H and O–H groups in total. The van der Waals surface area contributed by atoms with E-state index in [9.17, 15) is 0 Å². The van der Waals surface area contributed by atoms with E-state index in [1.54, 1.807) is 13.3 Å². The average Bonchev–Trinajstić information content (AvgIpc) is 2.10. The first-order valence-corrected chi connectivity index (χ1v) is 4.47. The molecule has 0 fully saturated rings. The van der Waals surface area contributed by atoms with Crippen molar-refractivity contribution in [1.82, 2.24) is 0 Å². The molecular weight excluding hydrogens is 176 g/mol. The third-order valence-corrected chi connectivity index (χ3v) is 1.38. The second-order valence-electron chi connectivity index (χ2n) is 3.08. The second-order valence-corrected chi connectivity index (χ2v) is 3.08. The minimum absolute atomic E-state index is 0.510. The number of rotatable bonds is 4. The molecule has 0 aliphatic rings. The first-order chi connectivity index (χ1) is 6.52. The van der Waals surface area contributed by atoms with Crippen LogP contribution in [0.3, 0.4) is 0 Å². The monoisotopic (exact) mass is 194 g/mol. The Morgan fingerprint density at radius 3 is 2.14 bits per heavy atom. The standard InChI is InChI=1S/C11H18N2O/c1-7-12-10(8(2)3)11(14-6)13-9(4)5/h7H,2H2,1,3-6H3/b11-10-,12-7-. The lowest BCUT2D eigenvalue weighted by Crippen LogP contribution is -1.94. The SMILES string of the molecule is C=C(C)C(/N=C\C)=C(\N=C(C)C)OC. The van der Waals surface area contributed by atoms with Crippen LogP contribution in [0.5, 0.6) is 0 Å². The zero-order valence-electron chi connectivity index (χ0n) is 9.59. The molecule has 0 heterocycles. The van der Waals surface area contributed by atoms with Gasteiger partial charge in [0.05, 0.1) is 7.11 Å². The Hall–Kier alpha value is -1.38. The van der Waals surface area contributed by atoms with E-state index >= 15 is 0 Å². The molecule has 0 amide bonds. The second kappa shape index (κ2) is 6.13. The Morgan fingerprint density at radius 1 is 1.29 bits per heavy atom. The van der Waals surface area contributed by atoms with Crippen molar-refractivity contribution in [3.05, 3.63) is 23.7 Å². The summed E-state index contributed by atoms with van der Waals surface area (Å²) >= 11 is 0. The zero-order chi connectivity index (χ0) is 11.1. The Morgan fingerprint density at radius 2 is 1.86 bits per heavy atom. The molecule has 0 aromatic carbocycles. The van der Waals surface area contributed by atoms with Crippen molar-refractivity contribution in [2.75, 3.05) is 7.11 Å². The van der Waals surface area contributed by atoms with Crippen LogP contribution in [0.2, 0.25) is 0 Å². The molecule has 0 spiro atoms. The van der Waals surface area contributed by atoms with Gasteiger partial charge in [0.25, 0.3) is 0 Å². The van der Waals surface area contributed by atoms with E-state index in [1.165, 1.54) is 0 Å². The predicted octanol–water partition coefficient (Wildman–Crippen LogP) is 2.95. The van der Waals surface area contributed by atoms with E-state index in [-0.39, 0.29) is 0 Å². The number of hydrogen-bond acceptors (Lipinski definition) is 3. The molecule has 0 saturated heterocycles. The number of nitrogens with zero attached hydrogens (tertiary/aromatic N) is 2. The highest BCUT2D eigenvalue weighted by molar-refractivity contribution is 5.80. The van der Waals surface area contributed by atoms with Crippen LogP contribution in [-0.2, 0) is 4.74 Å². The molecular formula is C11H18N2O. The minimum atomic E-state index is 0.510. The summed E-state index contributed by atoms with van der Waals surface area (Å²) in [6.07, 6.45) is 1.70. The van der Waals surface area contributed by atoms with Crippen molar-refractivity contribution in [3.8, 4) is 0 Å². The summed E-state index contributed by atoms with van der Waals surface area (Å²) < 4.78 is 5.15. The first kappa shape index (κ1) is 12.6. The smallest absolute Gasteiger partial charge is 0.239 e. The van der Waals surface area contributed by atoms with E-state index in [4.69, 9.17) is 4.74 Å². The summed E-state index contributed by atoms with van der Waals surface area (Å²) in [6, 6.07) is 0. The molecule has 0 atom stereocenters. The van der Waals surface area contributed by atoms with Crippen molar-refractivity contribution in [1.29, 1.82) is 0 Å². The number of ether oxygens (including phenoxy) is 1. The number of methoxy groups -OCH3 is 1. The van der Waals surface area contributed by atoms with Crippen molar-refractivity contribution in [2.24, 2.45) is 9.98 Å². The van der Waals surface area contributed by atoms with Gasteiger partial charge in [-0.15, -0.1) is 0 Å². The summed E-state index contributed by atoms with van der Waals surface area (Å²) in [7, 11) is 1.58. The third-order valence-electron chi connectivity index (χ3n) is 1.38. The Bertz CT molecular complexity index is 294. The fourth-order valence-electron chi connectivity index (χ4n) is 0.875. The van der Waals surface area contributed by atoms with Gasteiger partial charge >= 0.3 is 0 Å². The van der Waals surface area contributed by atoms with Crippen LogP contribution in [0.25, 0.3) is 0 Å². The van der Waals surface area contributed by atoms with E-state index in [0.29, 0.717) is 11.6 Å². The molecule has 0 aromatic heterocycles. The number of hydrogen-bond donors (Lipinski definition) is 0. The van der Waals surface area contributed by atoms with E-state index < -0.39 is 0 Å². The minimum Gasteiger partial charge on any atom is -0.479 e. The van der Waals surface area contributed by atoms with Crippen LogP contribution >= 0.6 is 0 Å². The lowest BCUT2D eigenvalue weighted by atomic mass is 10.2. The molecule has 0 unspecified atom stereocenters. The van der Waals surface area contributed by atoms with Crippen LogP contribution in [0.4, 0.5) is 0 Å². The van der Waals surface area contributed by atoms with Gasteiger partial charge in [-0.3, -0.25) is 4.99 Å². The van der Waals surface area contributed by atoms with E-state index in [2.05, 4.69) is 16.6 Å². The van der Waals surface area contributed by atoms with Crippen LogP contribution in [0.1, 0.15) is 27.7 Å². The molecule has 78 valence electrons. The number of aliphatic imine (C=N–C) groups is 2. The molecule has 0 bridgehead atoms. The topological polar surface area (TPSA) is 34.0 Å². The third kappa shape index (κ3) is 4.03. The maximum absolute atomic E-state index is 5.15. The van der Waals surface area contributed by atoms with Gasteiger partial charge in [-0.05, 0) is 33.3 Å². The van der Waals surface area contributed by atoms with Gasteiger partial charge in [-0.25, -0.2) is 4.99 Å². The summed E-state index contributed by atoms with van der Waals surface area (Å²) in [4.78, 5) is 8.41. The van der Waals surface area contributed by atoms with Gasteiger partial charge in [0, 0.05) is 11.9 Å². The Kier molecular flexibility index (Phi) is 5.53. The van der Waals surface area contributed by atoms with Crippen molar-refractivity contribution >= 4 is 11.9 Å². The highest BCUT2D eigenvalue weighted by Gasteiger charge is 2.05. The van der Waals surface area contributed by atoms with E-state index in [1.807, 2.05) is 27.7 Å². The number of allylic oxidation sites excluding steroid dienone is 1. The first-order valence-electron chi connectivity index (χ1n) is 4.47. The largest absolute Gasteiger partial charge is 0.479 e. The Labute approximate surface area is 85.9 Å². The fraction of sp³-hybridized carbons (Fsp3) is 0.455. The van der Waals surface area contributed by atoms with Crippen LogP contribution in [0, 0.1) is 0 Å². The molecule has 0 rings (SSSR count). The molecule has 0 saturated carbocycles. The highest BCUT2D eigenvalue weighted by Crippen LogP contribution is 2.16. The van der Waals surface area contributed by atoms with Gasteiger partial charge < -0.3 is 4.74 Å². The molecule has 0 aliphatic carbocycles. The quantitative estimate of drug-likeness (QED) is 0.385. The fourth-order valence-corrected chi connectivity index (χ4v) is 0.875. The van der Waals surface area contributed by atoms with Gasteiger partial charge in [0.1, 0.15) is 5.70 Å². The van der Waals surface area contributed by atoms with Crippen molar-refractivity contribution in [3.63, 3.8) is 0 Å². The normalized spacial score (nSPS) is 12.4. The van der Waals surface area contributed by atoms with Gasteiger partial charge in [0.15, 0.2) is 0 Å². The average molecular weight is 194 g/mol. The lowest BCUT2D eigenvalue weighted by molar-refractivity contribution is 0.284. The van der Waals surface area contributed by atoms with Crippen LogP contribution in [-0.4, -0.2) is 19.0 Å². The predicted molar refractivity (Wildman–Crippen MR) is 61.8 cm³/mol. The van der Waals surface area contributed by atoms with Gasteiger partial charge in [-0.1, -0.05) is 6.58 Å². The Balaban J connectivity index is 5.30. The maximum Gasteiger partial charge on any atom is 0.239 e. The highest BCUT2D eigenvalue weighted by atomic mass is 16.5. The molecule has 0 radical (unpaired) electrons. The summed E-state index contributed by atoms with van der Waals surface area (Å²) in [6.45, 7) is 11.4. The summed E-state index contributed by atoms with van der Waals surface area (Å²) in [5.74, 6) is 0.510. The molecule has 3 nitrogen and oxygen atoms in total. The van der Waals surface area contributed by atoms with Gasteiger partial charge in [0.2, 0.25) is 5.88 Å². The molecule has 0 aliphatic heterocycles. The van der Waals surface area contributed by atoms with Crippen LogP contribution < -0.4 is 0 Å². The summed E-state index contributed by atoms with van der Waals surface area (Å²) in [5.41, 5.74) is 2.45. The lowest BCUT2D eigenvalue weighted by Gasteiger charge is -2.06. The maximum atomic E-state index is 5.15. The molecule has 14 heavy (non-hydrogen) atoms. The van der Waals surface area contributed by atoms with Crippen LogP contribution in [0.15, 0.2) is 33.7 Å². The van der Waals surface area contributed by atoms with Gasteiger partial charge in [-0.2, -0.15) is 0 Å². The zero-order valence-corrected chi connectivity index (χ0v) is 9.59. The molecule has 3 heteroatoms. The van der Waals surface area contributed by atoms with E-state index in [0.717, 1.165) is 11.3 Å². The van der Waals surface area contributed by atoms with Crippen molar-refractivity contribution in [2.45, 2.75) is 27.7 Å². The molecule has 0 aromatic rings. The van der Waals surface area contributed by atoms with Crippen molar-refractivity contribution < 1.29 is 4.74 Å².